The molecule has 1 atom stereocenters. The quantitative estimate of drug-likeness (QED) is 0.540. The minimum Gasteiger partial charge on any atom is -0.493 e. The Bertz CT molecular complexity index is 575. The molecule has 3 N–H and O–H groups in total. The predicted octanol–water partition coefficient (Wildman–Crippen LogP) is -0.260. The Labute approximate surface area is 124 Å². The summed E-state index contributed by atoms with van der Waals surface area (Å²) in [5.41, 5.74) is 3.68. The number of methoxy groups -OCH3 is 1. The van der Waals surface area contributed by atoms with Crippen LogP contribution in [0.25, 0.3) is 0 Å². The number of likely N-dealkylation sites (N-methyl/N-ethyl adjacent to an activating group) is 1. The van der Waals surface area contributed by atoms with Crippen molar-refractivity contribution in [3.05, 3.63) is 30.1 Å². The van der Waals surface area contributed by atoms with Crippen LogP contribution in [0.4, 0.5) is 0 Å². The number of hydrogen-bond acceptors (Lipinski definition) is 6. The number of nitrogens with two attached hydrogens (primary N) is 1. The summed E-state index contributed by atoms with van der Waals surface area (Å²) in [7, 11) is 7.61. The van der Waals surface area contributed by atoms with Gasteiger partial charge in [-0.15, -0.1) is 0 Å². The van der Waals surface area contributed by atoms with E-state index in [2.05, 4.69) is 20.4 Å². The maximum Gasteiger partial charge on any atom is 0.162 e. The van der Waals surface area contributed by atoms with Gasteiger partial charge in [0.1, 0.15) is 17.6 Å². The Balaban J connectivity index is 2.39. The predicted molar refractivity (Wildman–Crippen MR) is 79.7 cm³/mol. The largest absolute Gasteiger partial charge is 0.493 e. The van der Waals surface area contributed by atoms with E-state index in [9.17, 15) is 0 Å². The Hall–Kier alpha value is -1.90. The molecule has 0 aliphatic carbocycles. The molecule has 8 heteroatoms. The SMILES string of the molecule is COc1cnn(CCN(C)C)c1C(NN)c1nccn1C. The van der Waals surface area contributed by atoms with Crippen molar-refractivity contribution in [2.24, 2.45) is 12.9 Å². The van der Waals surface area contributed by atoms with Crippen molar-refractivity contribution in [1.29, 1.82) is 0 Å². The molecular formula is C13H23N7O. The lowest BCUT2D eigenvalue weighted by molar-refractivity contribution is 0.357. The summed E-state index contributed by atoms with van der Waals surface area (Å²) in [6.45, 7) is 1.62. The van der Waals surface area contributed by atoms with Crippen LogP contribution in [0.3, 0.4) is 0 Å². The van der Waals surface area contributed by atoms with Crippen LogP contribution < -0.4 is 16.0 Å². The molecule has 0 bridgehead atoms. The first-order valence-corrected chi connectivity index (χ1v) is 6.76. The normalized spacial score (nSPS) is 12.9. The summed E-state index contributed by atoms with van der Waals surface area (Å²) in [6, 6.07) is -0.287. The van der Waals surface area contributed by atoms with Crippen LogP contribution in [0.5, 0.6) is 5.75 Å². The van der Waals surface area contributed by atoms with Gasteiger partial charge < -0.3 is 14.2 Å². The van der Waals surface area contributed by atoms with Crippen molar-refractivity contribution >= 4 is 0 Å². The lowest BCUT2D eigenvalue weighted by Crippen LogP contribution is -2.33. The van der Waals surface area contributed by atoms with E-state index in [0.29, 0.717) is 5.75 Å². The monoisotopic (exact) mass is 293 g/mol. The van der Waals surface area contributed by atoms with E-state index < -0.39 is 0 Å². The van der Waals surface area contributed by atoms with Crippen LogP contribution in [-0.4, -0.2) is 52.0 Å². The standard InChI is InChI=1S/C13H23N7O/c1-18(2)7-8-20-12(10(21-4)9-16-20)11(17-14)13-15-5-6-19(13)3/h5-6,9,11,17H,7-8,14H2,1-4H3. The number of rotatable bonds is 7. The van der Waals surface area contributed by atoms with E-state index in [1.54, 1.807) is 19.5 Å². The maximum atomic E-state index is 5.76. The third-order valence-corrected chi connectivity index (χ3v) is 3.38. The van der Waals surface area contributed by atoms with Crippen molar-refractivity contribution in [1.82, 2.24) is 29.7 Å². The van der Waals surface area contributed by atoms with Crippen molar-refractivity contribution in [3.8, 4) is 5.75 Å². The Morgan fingerprint density at radius 2 is 2.24 bits per heavy atom. The molecule has 2 aromatic rings. The van der Waals surface area contributed by atoms with Crippen LogP contribution in [0.15, 0.2) is 18.6 Å². The molecule has 1 unspecified atom stereocenters. The van der Waals surface area contributed by atoms with Gasteiger partial charge in [-0.25, -0.2) is 10.4 Å². The van der Waals surface area contributed by atoms with Gasteiger partial charge in [0, 0.05) is 26.0 Å². The highest BCUT2D eigenvalue weighted by Crippen LogP contribution is 2.28. The number of ether oxygens (including phenoxy) is 1. The first kappa shape index (κ1) is 15.5. The minimum absolute atomic E-state index is 0.287. The number of nitrogens with one attached hydrogen (secondary N) is 1. The molecule has 2 aromatic heterocycles. The number of hydrazine groups is 1. The molecule has 2 heterocycles. The molecule has 0 saturated carbocycles. The zero-order valence-electron chi connectivity index (χ0n) is 12.9. The van der Waals surface area contributed by atoms with Gasteiger partial charge in [0.25, 0.3) is 0 Å². The van der Waals surface area contributed by atoms with Crippen LogP contribution in [0.1, 0.15) is 17.6 Å². The third-order valence-electron chi connectivity index (χ3n) is 3.38. The van der Waals surface area contributed by atoms with Gasteiger partial charge in [0.05, 0.1) is 19.9 Å². The second-order valence-electron chi connectivity index (χ2n) is 5.12. The van der Waals surface area contributed by atoms with E-state index in [0.717, 1.165) is 24.6 Å². The molecule has 0 radical (unpaired) electrons. The van der Waals surface area contributed by atoms with Crippen LogP contribution >= 0.6 is 0 Å². The van der Waals surface area contributed by atoms with Crippen LogP contribution in [-0.2, 0) is 13.6 Å². The summed E-state index contributed by atoms with van der Waals surface area (Å²) in [5.74, 6) is 7.26. The molecule has 0 saturated heterocycles. The lowest BCUT2D eigenvalue weighted by atomic mass is 10.2. The minimum atomic E-state index is -0.287. The summed E-state index contributed by atoms with van der Waals surface area (Å²) in [6.07, 6.45) is 5.33. The Morgan fingerprint density at radius 1 is 1.48 bits per heavy atom. The third kappa shape index (κ3) is 3.23. The topological polar surface area (TPSA) is 86.2 Å². The molecule has 0 spiro atoms. The van der Waals surface area contributed by atoms with E-state index in [1.807, 2.05) is 36.6 Å². The number of nitrogens with zero attached hydrogens (tertiary/aromatic N) is 5. The molecule has 8 nitrogen and oxygen atoms in total. The van der Waals surface area contributed by atoms with E-state index in [4.69, 9.17) is 10.6 Å². The molecule has 0 amide bonds. The van der Waals surface area contributed by atoms with Gasteiger partial charge in [-0.1, -0.05) is 0 Å². The second kappa shape index (κ2) is 6.70. The number of imidazole rings is 1. The highest BCUT2D eigenvalue weighted by molar-refractivity contribution is 5.32. The smallest absolute Gasteiger partial charge is 0.162 e. The van der Waals surface area contributed by atoms with Crippen molar-refractivity contribution in [2.45, 2.75) is 12.6 Å². The molecule has 0 aliphatic rings. The van der Waals surface area contributed by atoms with Gasteiger partial charge in [-0.2, -0.15) is 5.10 Å². The molecule has 0 fully saturated rings. The summed E-state index contributed by atoms with van der Waals surface area (Å²) in [5, 5.41) is 4.40. The highest BCUT2D eigenvalue weighted by Gasteiger charge is 2.25. The Kier molecular flexibility index (Phi) is 4.94. The van der Waals surface area contributed by atoms with Gasteiger partial charge in [-0.3, -0.25) is 10.5 Å². The van der Waals surface area contributed by atoms with E-state index in [-0.39, 0.29) is 6.04 Å². The Morgan fingerprint density at radius 3 is 2.76 bits per heavy atom. The molecule has 0 aliphatic heterocycles. The van der Waals surface area contributed by atoms with Crippen molar-refractivity contribution < 1.29 is 4.74 Å². The number of aryl methyl sites for hydroxylation is 1. The highest BCUT2D eigenvalue weighted by atomic mass is 16.5. The zero-order valence-corrected chi connectivity index (χ0v) is 12.9. The van der Waals surface area contributed by atoms with Gasteiger partial charge in [0.2, 0.25) is 0 Å². The lowest BCUT2D eigenvalue weighted by Gasteiger charge is -2.19. The van der Waals surface area contributed by atoms with E-state index >= 15 is 0 Å². The van der Waals surface area contributed by atoms with Crippen LogP contribution in [0.2, 0.25) is 0 Å². The maximum absolute atomic E-state index is 5.76. The average Bonchev–Trinajstić information content (AvgIpc) is 3.05. The van der Waals surface area contributed by atoms with Gasteiger partial charge in [-0.05, 0) is 14.1 Å². The summed E-state index contributed by atoms with van der Waals surface area (Å²) in [4.78, 5) is 6.47. The summed E-state index contributed by atoms with van der Waals surface area (Å²) >= 11 is 0. The summed E-state index contributed by atoms with van der Waals surface area (Å²) < 4.78 is 9.25. The van der Waals surface area contributed by atoms with Crippen LogP contribution in [0, 0.1) is 0 Å². The first-order valence-electron chi connectivity index (χ1n) is 6.76. The van der Waals surface area contributed by atoms with Gasteiger partial charge in [0.15, 0.2) is 5.75 Å². The fraction of sp³-hybridized carbons (Fsp3) is 0.538. The van der Waals surface area contributed by atoms with E-state index in [1.165, 1.54) is 0 Å². The number of aromatic nitrogens is 4. The first-order chi connectivity index (χ1) is 10.1. The average molecular weight is 293 g/mol. The fourth-order valence-corrected chi connectivity index (χ4v) is 2.23. The second-order valence-corrected chi connectivity index (χ2v) is 5.12. The van der Waals surface area contributed by atoms with Gasteiger partial charge >= 0.3 is 0 Å². The van der Waals surface area contributed by atoms with Crippen molar-refractivity contribution in [2.75, 3.05) is 27.7 Å². The molecular weight excluding hydrogens is 270 g/mol. The fourth-order valence-electron chi connectivity index (χ4n) is 2.23. The number of hydrogen-bond donors (Lipinski definition) is 2. The molecule has 21 heavy (non-hydrogen) atoms. The zero-order chi connectivity index (χ0) is 15.4. The molecule has 2 rings (SSSR count). The van der Waals surface area contributed by atoms with Crippen molar-refractivity contribution in [3.63, 3.8) is 0 Å². The molecule has 0 aromatic carbocycles. The molecule has 116 valence electrons.